The number of Topliss-reactive ketones (excluding diaryl/α,β-unsaturated/α-hetero) is 1. The number of ketones is 1. The molecule has 1 aliphatic heterocycles. The second-order valence-corrected chi connectivity index (χ2v) is 4.46. The molecule has 1 aliphatic carbocycles. The van der Waals surface area contributed by atoms with Gasteiger partial charge in [0.2, 0.25) is 0 Å². The van der Waals surface area contributed by atoms with Crippen LogP contribution in [0.25, 0.3) is 0 Å². The Morgan fingerprint density at radius 1 is 0.929 bits per heavy atom. The van der Waals surface area contributed by atoms with Gasteiger partial charge in [-0.2, -0.15) is 0 Å². The van der Waals surface area contributed by atoms with E-state index < -0.39 is 0 Å². The molecular formula is C11H20ClNO. The molecule has 14 heavy (non-hydrogen) atoms. The van der Waals surface area contributed by atoms with Crippen molar-refractivity contribution in [2.45, 2.75) is 38.5 Å². The van der Waals surface area contributed by atoms with Crippen molar-refractivity contribution < 1.29 is 4.79 Å². The average molecular weight is 218 g/mol. The summed E-state index contributed by atoms with van der Waals surface area (Å²) in [5, 5.41) is 3.40. The van der Waals surface area contributed by atoms with E-state index in [0.29, 0.717) is 5.78 Å². The maximum Gasteiger partial charge on any atom is 0.132 e. The highest BCUT2D eigenvalue weighted by Crippen LogP contribution is 2.32. The number of rotatable bonds is 1. The fourth-order valence-electron chi connectivity index (χ4n) is 2.75. The van der Waals surface area contributed by atoms with Crippen molar-refractivity contribution in [2.24, 2.45) is 11.8 Å². The van der Waals surface area contributed by atoms with Crippen LogP contribution in [0.4, 0.5) is 0 Å². The van der Waals surface area contributed by atoms with Crippen LogP contribution in [-0.4, -0.2) is 18.9 Å². The van der Waals surface area contributed by atoms with Gasteiger partial charge in [0, 0.05) is 12.8 Å². The lowest BCUT2D eigenvalue weighted by Crippen LogP contribution is -2.33. The van der Waals surface area contributed by atoms with Gasteiger partial charge in [-0.05, 0) is 50.6 Å². The largest absolute Gasteiger partial charge is 0.317 e. The van der Waals surface area contributed by atoms with Gasteiger partial charge in [0.15, 0.2) is 0 Å². The first-order chi connectivity index (χ1) is 6.36. The summed E-state index contributed by atoms with van der Waals surface area (Å²) in [6.45, 7) is 2.38. The molecule has 3 heteroatoms. The Morgan fingerprint density at radius 2 is 1.43 bits per heavy atom. The highest BCUT2D eigenvalue weighted by Gasteiger charge is 2.27. The number of carbonyl (C=O) groups excluding carboxylic acids is 1. The first kappa shape index (κ1) is 12.0. The Labute approximate surface area is 92.2 Å². The van der Waals surface area contributed by atoms with Crippen LogP contribution in [0, 0.1) is 11.8 Å². The molecule has 0 unspecified atom stereocenters. The minimum Gasteiger partial charge on any atom is -0.317 e. The monoisotopic (exact) mass is 217 g/mol. The minimum atomic E-state index is 0. The van der Waals surface area contributed by atoms with Crippen molar-refractivity contribution in [2.75, 3.05) is 13.1 Å². The third kappa shape index (κ3) is 2.96. The molecule has 1 saturated heterocycles. The molecule has 2 rings (SSSR count). The minimum absolute atomic E-state index is 0. The molecule has 1 heterocycles. The molecule has 2 fully saturated rings. The van der Waals surface area contributed by atoms with E-state index in [2.05, 4.69) is 5.32 Å². The summed E-state index contributed by atoms with van der Waals surface area (Å²) in [7, 11) is 0. The topological polar surface area (TPSA) is 29.1 Å². The van der Waals surface area contributed by atoms with E-state index >= 15 is 0 Å². The summed E-state index contributed by atoms with van der Waals surface area (Å²) in [5.74, 6) is 2.26. The number of halogens is 1. The van der Waals surface area contributed by atoms with E-state index in [1.165, 1.54) is 38.8 Å². The summed E-state index contributed by atoms with van der Waals surface area (Å²) in [4.78, 5) is 11.1. The van der Waals surface area contributed by atoms with Gasteiger partial charge in [0.25, 0.3) is 0 Å². The van der Waals surface area contributed by atoms with E-state index in [9.17, 15) is 4.79 Å². The number of hydrogen-bond donors (Lipinski definition) is 1. The number of hydrogen-bond acceptors (Lipinski definition) is 2. The maximum absolute atomic E-state index is 11.1. The van der Waals surface area contributed by atoms with Crippen molar-refractivity contribution in [3.63, 3.8) is 0 Å². The summed E-state index contributed by atoms with van der Waals surface area (Å²) < 4.78 is 0. The SMILES string of the molecule is Cl.O=C1CCC(C2CCNCC2)CC1. The zero-order chi connectivity index (χ0) is 9.10. The van der Waals surface area contributed by atoms with Crippen molar-refractivity contribution in [3.05, 3.63) is 0 Å². The quantitative estimate of drug-likeness (QED) is 0.730. The molecule has 0 aromatic carbocycles. The zero-order valence-electron chi connectivity index (χ0n) is 8.63. The lowest BCUT2D eigenvalue weighted by molar-refractivity contribution is -0.121. The van der Waals surface area contributed by atoms with Crippen molar-refractivity contribution in [1.82, 2.24) is 5.32 Å². The van der Waals surface area contributed by atoms with E-state index in [-0.39, 0.29) is 12.4 Å². The van der Waals surface area contributed by atoms with Gasteiger partial charge < -0.3 is 5.32 Å². The number of nitrogens with one attached hydrogen (secondary N) is 1. The number of carbonyl (C=O) groups is 1. The molecular weight excluding hydrogens is 198 g/mol. The Kier molecular flexibility index (Phi) is 4.90. The van der Waals surface area contributed by atoms with Crippen LogP contribution in [0.15, 0.2) is 0 Å². The molecule has 0 aromatic heterocycles. The molecule has 0 bridgehead atoms. The van der Waals surface area contributed by atoms with Gasteiger partial charge in [0.05, 0.1) is 0 Å². The predicted octanol–water partition coefficient (Wildman–Crippen LogP) is 2.17. The first-order valence-corrected chi connectivity index (χ1v) is 5.58. The summed E-state index contributed by atoms with van der Waals surface area (Å²) in [6.07, 6.45) is 6.72. The van der Waals surface area contributed by atoms with Gasteiger partial charge in [-0.25, -0.2) is 0 Å². The summed E-state index contributed by atoms with van der Waals surface area (Å²) in [6, 6.07) is 0. The van der Waals surface area contributed by atoms with Crippen molar-refractivity contribution in [1.29, 1.82) is 0 Å². The van der Waals surface area contributed by atoms with Gasteiger partial charge in [-0.15, -0.1) is 12.4 Å². The lowest BCUT2D eigenvalue weighted by Gasteiger charge is -2.32. The lowest BCUT2D eigenvalue weighted by atomic mass is 9.76. The Hall–Kier alpha value is -0.0800. The Balaban J connectivity index is 0.000000980. The fourth-order valence-corrected chi connectivity index (χ4v) is 2.75. The van der Waals surface area contributed by atoms with E-state index in [4.69, 9.17) is 0 Å². The average Bonchev–Trinajstić information content (AvgIpc) is 2.20. The van der Waals surface area contributed by atoms with Crippen LogP contribution in [-0.2, 0) is 4.79 Å². The molecule has 0 amide bonds. The maximum atomic E-state index is 11.1. The van der Waals surface area contributed by atoms with Crippen LogP contribution in [0.5, 0.6) is 0 Å². The van der Waals surface area contributed by atoms with Crippen molar-refractivity contribution in [3.8, 4) is 0 Å². The molecule has 0 spiro atoms. The van der Waals surface area contributed by atoms with Gasteiger partial charge in [0.1, 0.15) is 5.78 Å². The normalized spacial score (nSPS) is 25.9. The Morgan fingerprint density at radius 3 is 2.00 bits per heavy atom. The van der Waals surface area contributed by atoms with Crippen LogP contribution >= 0.6 is 12.4 Å². The summed E-state index contributed by atoms with van der Waals surface area (Å²) >= 11 is 0. The molecule has 0 radical (unpaired) electrons. The van der Waals surface area contributed by atoms with E-state index in [1.54, 1.807) is 0 Å². The third-order valence-electron chi connectivity index (χ3n) is 3.64. The molecule has 2 nitrogen and oxygen atoms in total. The van der Waals surface area contributed by atoms with Crippen LogP contribution < -0.4 is 5.32 Å². The molecule has 1 N–H and O–H groups in total. The van der Waals surface area contributed by atoms with Gasteiger partial charge >= 0.3 is 0 Å². The molecule has 2 aliphatic rings. The zero-order valence-corrected chi connectivity index (χ0v) is 9.44. The fraction of sp³-hybridized carbons (Fsp3) is 0.909. The highest BCUT2D eigenvalue weighted by atomic mass is 35.5. The predicted molar refractivity (Wildman–Crippen MR) is 59.8 cm³/mol. The first-order valence-electron chi connectivity index (χ1n) is 5.58. The Bertz CT molecular complexity index is 180. The highest BCUT2D eigenvalue weighted by molar-refractivity contribution is 5.85. The second kappa shape index (κ2) is 5.72. The third-order valence-corrected chi connectivity index (χ3v) is 3.64. The van der Waals surface area contributed by atoms with Crippen LogP contribution in [0.1, 0.15) is 38.5 Å². The van der Waals surface area contributed by atoms with E-state index in [0.717, 1.165) is 24.7 Å². The van der Waals surface area contributed by atoms with Crippen LogP contribution in [0.2, 0.25) is 0 Å². The van der Waals surface area contributed by atoms with E-state index in [1.807, 2.05) is 0 Å². The molecule has 82 valence electrons. The van der Waals surface area contributed by atoms with Gasteiger partial charge in [-0.3, -0.25) is 4.79 Å². The van der Waals surface area contributed by atoms with Crippen molar-refractivity contribution >= 4 is 18.2 Å². The standard InChI is InChI=1S/C11H19NO.ClH/c13-11-3-1-9(2-4-11)10-5-7-12-8-6-10;/h9-10,12H,1-8H2;1H. The summed E-state index contributed by atoms with van der Waals surface area (Å²) in [5.41, 5.74) is 0. The van der Waals surface area contributed by atoms with Crippen LogP contribution in [0.3, 0.4) is 0 Å². The molecule has 0 atom stereocenters. The molecule has 1 saturated carbocycles. The van der Waals surface area contributed by atoms with Gasteiger partial charge in [-0.1, -0.05) is 0 Å². The smallest absolute Gasteiger partial charge is 0.132 e. The number of piperidine rings is 1. The second-order valence-electron chi connectivity index (χ2n) is 4.46. The molecule has 0 aromatic rings.